The summed E-state index contributed by atoms with van der Waals surface area (Å²) in [4.78, 5) is 24.3. The lowest BCUT2D eigenvalue weighted by Crippen LogP contribution is -2.38. The van der Waals surface area contributed by atoms with Gasteiger partial charge in [-0.1, -0.05) is 29.8 Å². The van der Waals surface area contributed by atoms with Gasteiger partial charge in [0.15, 0.2) is 11.5 Å². The van der Waals surface area contributed by atoms with Gasteiger partial charge in [0.1, 0.15) is 6.61 Å². The molecule has 1 amide bonds. The number of ether oxygens (including phenoxy) is 3. The van der Waals surface area contributed by atoms with Gasteiger partial charge in [-0.2, -0.15) is 0 Å². The largest absolute Gasteiger partial charge is 0.485 e. The minimum Gasteiger partial charge on any atom is -0.485 e. The van der Waals surface area contributed by atoms with E-state index in [1.807, 2.05) is 45.0 Å². The molecule has 1 atom stereocenters. The van der Waals surface area contributed by atoms with Crippen LogP contribution in [0.1, 0.15) is 29.5 Å². The van der Waals surface area contributed by atoms with E-state index in [0.29, 0.717) is 17.9 Å². The van der Waals surface area contributed by atoms with Crippen molar-refractivity contribution in [3.8, 4) is 11.5 Å². The van der Waals surface area contributed by atoms with Crippen molar-refractivity contribution in [3.63, 3.8) is 0 Å². The number of anilines is 1. The summed E-state index contributed by atoms with van der Waals surface area (Å²) in [7, 11) is 0. The van der Waals surface area contributed by atoms with Crippen LogP contribution < -0.4 is 14.8 Å². The third kappa shape index (κ3) is 4.82. The first-order valence-corrected chi connectivity index (χ1v) is 9.37. The Morgan fingerprint density at radius 3 is 2.50 bits per heavy atom. The van der Waals surface area contributed by atoms with Gasteiger partial charge in [-0.3, -0.25) is 4.79 Å². The van der Waals surface area contributed by atoms with Gasteiger partial charge in [-0.15, -0.1) is 0 Å². The highest BCUT2D eigenvalue weighted by Gasteiger charge is 2.28. The van der Waals surface area contributed by atoms with Crippen molar-refractivity contribution in [2.45, 2.75) is 39.7 Å². The molecular formula is C22H25NO5. The molecule has 0 aliphatic carbocycles. The van der Waals surface area contributed by atoms with Crippen molar-refractivity contribution in [1.82, 2.24) is 0 Å². The number of amides is 1. The van der Waals surface area contributed by atoms with Crippen LogP contribution in [0.5, 0.6) is 11.5 Å². The van der Waals surface area contributed by atoms with Gasteiger partial charge in [-0.05, 0) is 50.5 Å². The summed E-state index contributed by atoms with van der Waals surface area (Å²) in [6.45, 7) is 6.24. The molecule has 3 rings (SSSR count). The molecule has 28 heavy (non-hydrogen) atoms. The SMILES string of the molecule is Cc1cc(C)c(NC(=O)CCCOC(=O)[C@H]2COc3ccccc3O2)c(C)c1. The molecule has 1 aliphatic heterocycles. The maximum atomic E-state index is 12.2. The summed E-state index contributed by atoms with van der Waals surface area (Å²) >= 11 is 0. The number of rotatable bonds is 6. The molecule has 0 spiro atoms. The van der Waals surface area contributed by atoms with E-state index in [1.54, 1.807) is 12.1 Å². The maximum absolute atomic E-state index is 12.2. The van der Waals surface area contributed by atoms with Crippen LogP contribution in [0, 0.1) is 20.8 Å². The third-order valence-corrected chi connectivity index (χ3v) is 4.51. The van der Waals surface area contributed by atoms with Crippen LogP contribution in [-0.2, 0) is 14.3 Å². The number of carbonyl (C=O) groups excluding carboxylic acids is 2. The van der Waals surface area contributed by atoms with E-state index in [9.17, 15) is 9.59 Å². The molecule has 0 fully saturated rings. The topological polar surface area (TPSA) is 73.9 Å². The van der Waals surface area contributed by atoms with Gasteiger partial charge in [0.2, 0.25) is 12.0 Å². The highest BCUT2D eigenvalue weighted by atomic mass is 16.6. The molecule has 1 heterocycles. The van der Waals surface area contributed by atoms with Crippen LogP contribution in [0.4, 0.5) is 5.69 Å². The van der Waals surface area contributed by atoms with Crippen LogP contribution in [0.3, 0.4) is 0 Å². The Hall–Kier alpha value is -3.02. The molecule has 2 aromatic carbocycles. The molecule has 148 valence electrons. The van der Waals surface area contributed by atoms with Crippen molar-refractivity contribution in [2.75, 3.05) is 18.5 Å². The molecule has 2 aromatic rings. The fourth-order valence-electron chi connectivity index (χ4n) is 3.21. The zero-order valence-electron chi connectivity index (χ0n) is 16.4. The van der Waals surface area contributed by atoms with E-state index in [2.05, 4.69) is 5.32 Å². The molecule has 6 heteroatoms. The van der Waals surface area contributed by atoms with Crippen molar-refractivity contribution < 1.29 is 23.8 Å². The second kappa shape index (κ2) is 8.78. The number of benzene rings is 2. The lowest BCUT2D eigenvalue weighted by molar-refractivity contribution is -0.154. The van der Waals surface area contributed by atoms with Gasteiger partial charge in [0, 0.05) is 12.1 Å². The number of aryl methyl sites for hydroxylation is 3. The molecule has 6 nitrogen and oxygen atoms in total. The number of esters is 1. The van der Waals surface area contributed by atoms with E-state index < -0.39 is 12.1 Å². The molecular weight excluding hydrogens is 358 g/mol. The summed E-state index contributed by atoms with van der Waals surface area (Å²) in [5, 5.41) is 2.94. The Labute approximate surface area is 164 Å². The molecule has 0 aromatic heterocycles. The molecule has 1 aliphatic rings. The summed E-state index contributed by atoms with van der Waals surface area (Å²) in [6, 6.07) is 11.3. The van der Waals surface area contributed by atoms with Gasteiger partial charge < -0.3 is 19.5 Å². The van der Waals surface area contributed by atoms with Gasteiger partial charge in [-0.25, -0.2) is 4.79 Å². The maximum Gasteiger partial charge on any atom is 0.350 e. The van der Waals surface area contributed by atoms with Crippen molar-refractivity contribution in [3.05, 3.63) is 53.1 Å². The van der Waals surface area contributed by atoms with Crippen LogP contribution in [0.25, 0.3) is 0 Å². The monoisotopic (exact) mass is 383 g/mol. The minimum atomic E-state index is -0.790. The average molecular weight is 383 g/mol. The van der Waals surface area contributed by atoms with Gasteiger partial charge >= 0.3 is 5.97 Å². The van der Waals surface area contributed by atoms with Crippen molar-refractivity contribution in [1.29, 1.82) is 0 Å². The minimum absolute atomic E-state index is 0.0997. The summed E-state index contributed by atoms with van der Waals surface area (Å²) in [5.41, 5.74) is 4.08. The number of nitrogens with one attached hydrogen (secondary N) is 1. The smallest absolute Gasteiger partial charge is 0.350 e. The standard InChI is InChI=1S/C22H25NO5/c1-14-11-15(2)21(16(3)12-14)23-20(24)9-6-10-26-22(25)19-13-27-17-7-4-5-8-18(17)28-19/h4-5,7-8,11-12,19H,6,9-10,13H2,1-3H3,(H,23,24)/t19-/m1/s1. The first-order valence-electron chi connectivity index (χ1n) is 9.37. The van der Waals surface area contributed by atoms with Crippen molar-refractivity contribution >= 4 is 17.6 Å². The second-order valence-electron chi connectivity index (χ2n) is 6.96. The summed E-state index contributed by atoms with van der Waals surface area (Å²) in [5.74, 6) is 0.557. The Balaban J connectivity index is 1.41. The predicted octanol–water partition coefficient (Wildman–Crippen LogP) is 3.71. The Kier molecular flexibility index (Phi) is 6.19. The second-order valence-corrected chi connectivity index (χ2v) is 6.96. The van der Waals surface area contributed by atoms with E-state index in [0.717, 1.165) is 22.4 Å². The van der Waals surface area contributed by atoms with E-state index in [4.69, 9.17) is 14.2 Å². The number of carbonyl (C=O) groups is 2. The fraction of sp³-hybridized carbons (Fsp3) is 0.364. The van der Waals surface area contributed by atoms with Crippen molar-refractivity contribution in [2.24, 2.45) is 0 Å². The predicted molar refractivity (Wildman–Crippen MR) is 106 cm³/mol. The van der Waals surface area contributed by atoms with E-state index in [1.165, 1.54) is 0 Å². The Morgan fingerprint density at radius 2 is 1.79 bits per heavy atom. The van der Waals surface area contributed by atoms with Crippen LogP contribution in [0.2, 0.25) is 0 Å². The van der Waals surface area contributed by atoms with Crippen LogP contribution in [-0.4, -0.2) is 31.2 Å². The number of para-hydroxylation sites is 2. The molecule has 0 bridgehead atoms. The van der Waals surface area contributed by atoms with Crippen LogP contribution in [0.15, 0.2) is 36.4 Å². The molecule has 0 unspecified atom stereocenters. The summed E-state index contributed by atoms with van der Waals surface area (Å²) < 4.78 is 16.4. The number of fused-ring (bicyclic) bond motifs is 1. The quantitative estimate of drug-likeness (QED) is 0.608. The molecule has 1 N–H and O–H groups in total. The first-order chi connectivity index (χ1) is 13.4. The molecule has 0 saturated heterocycles. The lowest BCUT2D eigenvalue weighted by atomic mass is 10.0. The highest BCUT2D eigenvalue weighted by molar-refractivity contribution is 5.92. The Morgan fingerprint density at radius 1 is 1.11 bits per heavy atom. The highest BCUT2D eigenvalue weighted by Crippen LogP contribution is 2.31. The van der Waals surface area contributed by atoms with Gasteiger partial charge in [0.25, 0.3) is 0 Å². The first kappa shape index (κ1) is 19.7. The van der Waals surface area contributed by atoms with E-state index >= 15 is 0 Å². The number of hydrogen-bond donors (Lipinski definition) is 1. The molecule has 0 saturated carbocycles. The Bertz CT molecular complexity index is 854. The van der Waals surface area contributed by atoms with Gasteiger partial charge in [0.05, 0.1) is 6.61 Å². The van der Waals surface area contributed by atoms with E-state index in [-0.39, 0.29) is 25.5 Å². The number of hydrogen-bond acceptors (Lipinski definition) is 5. The fourth-order valence-corrected chi connectivity index (χ4v) is 3.21. The normalized spacial score (nSPS) is 15.0. The zero-order chi connectivity index (χ0) is 20.1. The third-order valence-electron chi connectivity index (χ3n) is 4.51. The average Bonchev–Trinajstić information content (AvgIpc) is 2.67. The summed E-state index contributed by atoms with van der Waals surface area (Å²) in [6.07, 6.45) is -0.0853. The lowest BCUT2D eigenvalue weighted by Gasteiger charge is -2.24. The molecule has 0 radical (unpaired) electrons. The van der Waals surface area contributed by atoms with Crippen LogP contribution >= 0.6 is 0 Å². The zero-order valence-corrected chi connectivity index (χ0v) is 16.4.